The van der Waals surface area contributed by atoms with Crippen LogP contribution in [-0.4, -0.2) is 26.8 Å². The van der Waals surface area contributed by atoms with Crippen molar-refractivity contribution in [3.05, 3.63) is 57.4 Å². The second-order valence-corrected chi connectivity index (χ2v) is 7.48. The SMILES string of the molecule is Cc1nc(Cc2nnc(SCC(=O)NCc3ccccc3C)o2)cs1. The Morgan fingerprint density at radius 1 is 1.28 bits per heavy atom. The molecule has 0 unspecified atom stereocenters. The summed E-state index contributed by atoms with van der Waals surface area (Å²) in [7, 11) is 0. The first-order valence-corrected chi connectivity index (χ1v) is 9.64. The Hall–Kier alpha value is -2.19. The van der Waals surface area contributed by atoms with E-state index in [1.54, 1.807) is 11.3 Å². The molecule has 0 aliphatic rings. The van der Waals surface area contributed by atoms with Gasteiger partial charge in [-0.1, -0.05) is 36.0 Å². The van der Waals surface area contributed by atoms with Crippen LogP contribution in [0.15, 0.2) is 39.3 Å². The lowest BCUT2D eigenvalue weighted by Crippen LogP contribution is -2.24. The third-order valence-corrected chi connectivity index (χ3v) is 5.15. The molecule has 2 heterocycles. The number of carbonyl (C=O) groups excluding carboxylic acids is 1. The summed E-state index contributed by atoms with van der Waals surface area (Å²) >= 11 is 2.82. The molecule has 0 bridgehead atoms. The third-order valence-electron chi connectivity index (χ3n) is 3.51. The van der Waals surface area contributed by atoms with Gasteiger partial charge in [0.15, 0.2) is 0 Å². The van der Waals surface area contributed by atoms with Crippen LogP contribution in [0.2, 0.25) is 0 Å². The van der Waals surface area contributed by atoms with Crippen LogP contribution < -0.4 is 5.32 Å². The lowest BCUT2D eigenvalue weighted by molar-refractivity contribution is -0.118. The molecule has 0 aliphatic heterocycles. The minimum absolute atomic E-state index is 0.0665. The van der Waals surface area contributed by atoms with Crippen LogP contribution in [0, 0.1) is 13.8 Å². The molecule has 1 aromatic carbocycles. The zero-order valence-corrected chi connectivity index (χ0v) is 15.6. The number of thiazole rings is 1. The average Bonchev–Trinajstić information content (AvgIpc) is 3.21. The smallest absolute Gasteiger partial charge is 0.277 e. The van der Waals surface area contributed by atoms with Gasteiger partial charge in [0, 0.05) is 11.9 Å². The molecule has 0 aliphatic carbocycles. The molecule has 0 atom stereocenters. The Labute approximate surface area is 154 Å². The van der Waals surface area contributed by atoms with Gasteiger partial charge in [-0.05, 0) is 25.0 Å². The van der Waals surface area contributed by atoms with Gasteiger partial charge in [-0.3, -0.25) is 4.79 Å². The summed E-state index contributed by atoms with van der Waals surface area (Å²) < 4.78 is 5.55. The van der Waals surface area contributed by atoms with Gasteiger partial charge in [0.05, 0.1) is 22.9 Å². The van der Waals surface area contributed by atoms with E-state index in [1.165, 1.54) is 11.8 Å². The van der Waals surface area contributed by atoms with Crippen LogP contribution in [0.25, 0.3) is 0 Å². The molecule has 3 rings (SSSR count). The van der Waals surface area contributed by atoms with Crippen molar-refractivity contribution in [2.75, 3.05) is 5.75 Å². The van der Waals surface area contributed by atoms with Crippen molar-refractivity contribution >= 4 is 29.0 Å². The summed E-state index contributed by atoms with van der Waals surface area (Å²) in [4.78, 5) is 16.3. The van der Waals surface area contributed by atoms with Gasteiger partial charge in [0.1, 0.15) is 0 Å². The lowest BCUT2D eigenvalue weighted by Gasteiger charge is -2.06. The van der Waals surface area contributed by atoms with Crippen molar-refractivity contribution in [2.24, 2.45) is 0 Å². The Bertz CT molecular complexity index is 860. The van der Waals surface area contributed by atoms with Gasteiger partial charge in [-0.25, -0.2) is 4.98 Å². The second-order valence-electron chi connectivity index (χ2n) is 5.49. The zero-order valence-electron chi connectivity index (χ0n) is 14.0. The van der Waals surface area contributed by atoms with Crippen LogP contribution in [0.3, 0.4) is 0 Å². The molecule has 0 fully saturated rings. The summed E-state index contributed by atoms with van der Waals surface area (Å²) in [6.45, 7) is 4.50. The largest absolute Gasteiger partial charge is 0.416 e. The molecule has 0 radical (unpaired) electrons. The van der Waals surface area contributed by atoms with E-state index in [0.717, 1.165) is 21.8 Å². The minimum atomic E-state index is -0.0665. The number of hydrogen-bond acceptors (Lipinski definition) is 7. The maximum Gasteiger partial charge on any atom is 0.277 e. The number of thioether (sulfide) groups is 1. The maximum atomic E-state index is 12.0. The number of rotatable bonds is 7. The normalized spacial score (nSPS) is 10.8. The van der Waals surface area contributed by atoms with Crippen LogP contribution in [0.4, 0.5) is 0 Å². The van der Waals surface area contributed by atoms with Crippen molar-refractivity contribution < 1.29 is 9.21 Å². The fourth-order valence-corrected chi connectivity index (χ4v) is 3.42. The average molecular weight is 374 g/mol. The molecular weight excluding hydrogens is 356 g/mol. The molecule has 0 spiro atoms. The second kappa shape index (κ2) is 8.26. The van der Waals surface area contributed by atoms with E-state index in [2.05, 4.69) is 20.5 Å². The number of aryl methyl sites for hydroxylation is 2. The number of nitrogens with zero attached hydrogens (tertiary/aromatic N) is 3. The molecule has 0 saturated heterocycles. The van der Waals surface area contributed by atoms with Gasteiger partial charge in [-0.15, -0.1) is 21.5 Å². The fourth-order valence-electron chi connectivity index (χ4n) is 2.19. The molecule has 3 aromatic rings. The summed E-state index contributed by atoms with van der Waals surface area (Å²) in [6, 6.07) is 7.98. The Balaban J connectivity index is 1.45. The van der Waals surface area contributed by atoms with Gasteiger partial charge in [-0.2, -0.15) is 0 Å². The summed E-state index contributed by atoms with van der Waals surface area (Å²) in [5, 5.41) is 14.2. The summed E-state index contributed by atoms with van der Waals surface area (Å²) in [6.07, 6.45) is 0.511. The highest BCUT2D eigenvalue weighted by molar-refractivity contribution is 7.99. The van der Waals surface area contributed by atoms with Crippen LogP contribution in [-0.2, 0) is 17.8 Å². The molecule has 25 heavy (non-hydrogen) atoms. The third kappa shape index (κ3) is 5.14. The number of benzene rings is 1. The van der Waals surface area contributed by atoms with Gasteiger partial charge < -0.3 is 9.73 Å². The molecule has 130 valence electrons. The Morgan fingerprint density at radius 3 is 2.88 bits per heavy atom. The monoisotopic (exact) mass is 374 g/mol. The van der Waals surface area contributed by atoms with E-state index in [9.17, 15) is 4.79 Å². The van der Waals surface area contributed by atoms with E-state index in [-0.39, 0.29) is 11.7 Å². The topological polar surface area (TPSA) is 80.9 Å². The first kappa shape index (κ1) is 17.6. The highest BCUT2D eigenvalue weighted by atomic mass is 32.2. The van der Waals surface area contributed by atoms with Crippen molar-refractivity contribution in [1.29, 1.82) is 0 Å². The van der Waals surface area contributed by atoms with Gasteiger partial charge in [0.25, 0.3) is 5.22 Å². The van der Waals surface area contributed by atoms with Crippen molar-refractivity contribution in [1.82, 2.24) is 20.5 Å². The highest BCUT2D eigenvalue weighted by Gasteiger charge is 2.11. The molecule has 6 nitrogen and oxygen atoms in total. The predicted molar refractivity (Wildman–Crippen MR) is 97.7 cm³/mol. The number of nitrogens with one attached hydrogen (secondary N) is 1. The summed E-state index contributed by atoms with van der Waals surface area (Å²) in [5.41, 5.74) is 3.19. The van der Waals surface area contributed by atoms with E-state index in [0.29, 0.717) is 24.1 Å². The van der Waals surface area contributed by atoms with Crippen molar-refractivity contribution in [3.8, 4) is 0 Å². The van der Waals surface area contributed by atoms with Crippen molar-refractivity contribution in [3.63, 3.8) is 0 Å². The molecule has 2 aromatic heterocycles. The van der Waals surface area contributed by atoms with Crippen molar-refractivity contribution in [2.45, 2.75) is 32.0 Å². The number of aromatic nitrogens is 3. The minimum Gasteiger partial charge on any atom is -0.416 e. The van der Waals surface area contributed by atoms with Crippen LogP contribution >= 0.6 is 23.1 Å². The Morgan fingerprint density at radius 2 is 2.12 bits per heavy atom. The molecule has 1 N–H and O–H groups in total. The van der Waals surface area contributed by atoms with E-state index >= 15 is 0 Å². The molecular formula is C17H18N4O2S2. The zero-order chi connectivity index (χ0) is 17.6. The predicted octanol–water partition coefficient (Wildman–Crippen LogP) is 3.14. The highest BCUT2D eigenvalue weighted by Crippen LogP contribution is 2.18. The molecule has 0 saturated carbocycles. The lowest BCUT2D eigenvalue weighted by atomic mass is 10.1. The Kier molecular flexibility index (Phi) is 5.83. The standard InChI is InChI=1S/C17H18N4O2S2/c1-11-5-3-4-6-13(11)8-18-15(22)10-25-17-21-20-16(23-17)7-14-9-24-12(2)19-14/h3-6,9H,7-8,10H2,1-2H3,(H,18,22). The van der Waals surface area contributed by atoms with Crippen LogP contribution in [0.1, 0.15) is 27.7 Å². The fraction of sp³-hybridized carbons (Fsp3) is 0.294. The number of hydrogen-bond donors (Lipinski definition) is 1. The maximum absolute atomic E-state index is 12.0. The molecule has 1 amide bonds. The number of amides is 1. The first-order valence-electron chi connectivity index (χ1n) is 7.77. The van der Waals surface area contributed by atoms with E-state index in [4.69, 9.17) is 4.42 Å². The quantitative estimate of drug-likeness (QED) is 0.640. The van der Waals surface area contributed by atoms with Gasteiger partial charge in [0.2, 0.25) is 11.8 Å². The molecule has 8 heteroatoms. The van der Waals surface area contributed by atoms with E-state index < -0.39 is 0 Å². The van der Waals surface area contributed by atoms with Gasteiger partial charge >= 0.3 is 0 Å². The van der Waals surface area contributed by atoms with E-state index in [1.807, 2.05) is 43.5 Å². The number of carbonyl (C=O) groups is 1. The summed E-state index contributed by atoms with van der Waals surface area (Å²) in [5.74, 6) is 0.680. The first-order chi connectivity index (χ1) is 12.1. The van der Waals surface area contributed by atoms with Crippen LogP contribution in [0.5, 0.6) is 0 Å².